The van der Waals surface area contributed by atoms with Crippen molar-refractivity contribution in [3.05, 3.63) is 98.4 Å². The minimum atomic E-state index is -0.449. The Bertz CT molecular complexity index is 979. The fourth-order valence-corrected chi connectivity index (χ4v) is 3.39. The van der Waals surface area contributed by atoms with Crippen LogP contribution in [0, 0.1) is 6.92 Å². The molecule has 0 fully saturated rings. The monoisotopic (exact) mass is 411 g/mol. The van der Waals surface area contributed by atoms with Crippen LogP contribution in [-0.2, 0) is 19.4 Å². The number of nitrogens with zero attached hydrogens (tertiary/aromatic N) is 1. The predicted octanol–water partition coefficient (Wildman–Crippen LogP) is 5.58. The number of halogens is 1. The highest BCUT2D eigenvalue weighted by Gasteiger charge is 2.05. The van der Waals surface area contributed by atoms with Gasteiger partial charge in [0.05, 0.1) is 5.69 Å². The fourth-order valence-electron chi connectivity index (χ4n) is 3.26. The summed E-state index contributed by atoms with van der Waals surface area (Å²) in [5.41, 5.74) is 3.39. The minimum Gasteiger partial charge on any atom is -0.487 e. The number of ether oxygens (including phenoxy) is 1. The quantitative estimate of drug-likeness (QED) is 0.369. The molecule has 0 radical (unpaired) electrons. The molecule has 5 heteroatoms. The standard InChI is InChI=1S/C24H26ClNO3/c1-18-15-22(26(28)24(27)16-18)17-29-23-13-9-20(10-14-23)6-4-2-3-5-19-7-11-21(25)12-8-19/h7-16,28H,2-6,17H2,1H3. The number of aryl methyl sites for hydroxylation is 3. The lowest BCUT2D eigenvalue weighted by atomic mass is 10.0. The molecule has 0 aliphatic heterocycles. The molecule has 152 valence electrons. The lowest BCUT2D eigenvalue weighted by molar-refractivity contribution is 0.147. The van der Waals surface area contributed by atoms with E-state index in [0.29, 0.717) is 16.2 Å². The van der Waals surface area contributed by atoms with E-state index in [1.54, 1.807) is 6.07 Å². The minimum absolute atomic E-state index is 0.136. The molecule has 3 aromatic rings. The van der Waals surface area contributed by atoms with Gasteiger partial charge in [0.1, 0.15) is 12.4 Å². The average Bonchev–Trinajstić information content (AvgIpc) is 2.71. The highest BCUT2D eigenvalue weighted by atomic mass is 35.5. The third kappa shape index (κ3) is 6.40. The van der Waals surface area contributed by atoms with Crippen LogP contribution in [0.25, 0.3) is 0 Å². The van der Waals surface area contributed by atoms with Gasteiger partial charge in [-0.05, 0) is 79.6 Å². The van der Waals surface area contributed by atoms with Crippen LogP contribution in [0.5, 0.6) is 5.75 Å². The number of hydrogen-bond acceptors (Lipinski definition) is 3. The highest BCUT2D eigenvalue weighted by Crippen LogP contribution is 2.17. The van der Waals surface area contributed by atoms with Crippen LogP contribution in [0.2, 0.25) is 5.02 Å². The maximum absolute atomic E-state index is 11.6. The second-order valence-corrected chi connectivity index (χ2v) is 7.73. The van der Waals surface area contributed by atoms with Crippen molar-refractivity contribution < 1.29 is 9.94 Å². The fraction of sp³-hybridized carbons (Fsp3) is 0.292. The number of pyridine rings is 1. The maximum atomic E-state index is 11.6. The molecule has 4 nitrogen and oxygen atoms in total. The molecule has 0 bridgehead atoms. The Kier molecular flexibility index (Phi) is 7.36. The first-order valence-electron chi connectivity index (χ1n) is 9.89. The van der Waals surface area contributed by atoms with Gasteiger partial charge in [0.2, 0.25) is 0 Å². The summed E-state index contributed by atoms with van der Waals surface area (Å²) < 4.78 is 6.34. The summed E-state index contributed by atoms with van der Waals surface area (Å²) in [5.74, 6) is 0.713. The van der Waals surface area contributed by atoms with Crippen molar-refractivity contribution >= 4 is 11.6 Å². The molecular formula is C24H26ClNO3. The van der Waals surface area contributed by atoms with Crippen LogP contribution in [-0.4, -0.2) is 9.94 Å². The topological polar surface area (TPSA) is 51.5 Å². The second kappa shape index (κ2) is 10.2. The van der Waals surface area contributed by atoms with Crippen molar-refractivity contribution in [1.82, 2.24) is 4.73 Å². The Morgan fingerprint density at radius 1 is 0.897 bits per heavy atom. The summed E-state index contributed by atoms with van der Waals surface area (Å²) in [7, 11) is 0. The lowest BCUT2D eigenvalue weighted by Gasteiger charge is -2.10. The number of aromatic nitrogens is 1. The second-order valence-electron chi connectivity index (χ2n) is 7.29. The molecule has 0 saturated carbocycles. The van der Waals surface area contributed by atoms with E-state index in [9.17, 15) is 10.0 Å². The lowest BCUT2D eigenvalue weighted by Crippen LogP contribution is -2.21. The molecule has 3 rings (SSSR count). The predicted molar refractivity (Wildman–Crippen MR) is 116 cm³/mol. The largest absolute Gasteiger partial charge is 0.487 e. The van der Waals surface area contributed by atoms with E-state index >= 15 is 0 Å². The Balaban J connectivity index is 1.41. The van der Waals surface area contributed by atoms with Gasteiger partial charge in [-0.15, -0.1) is 4.73 Å². The summed E-state index contributed by atoms with van der Waals surface area (Å²) in [6.45, 7) is 1.95. The van der Waals surface area contributed by atoms with Crippen LogP contribution in [0.4, 0.5) is 0 Å². The summed E-state index contributed by atoms with van der Waals surface area (Å²) in [6.07, 6.45) is 5.62. The Labute approximate surface area is 176 Å². The molecular weight excluding hydrogens is 386 g/mol. The third-order valence-corrected chi connectivity index (χ3v) is 5.13. The molecule has 0 aliphatic carbocycles. The zero-order valence-corrected chi connectivity index (χ0v) is 17.4. The summed E-state index contributed by atoms with van der Waals surface area (Å²) >= 11 is 5.91. The normalized spacial score (nSPS) is 10.8. The SMILES string of the molecule is Cc1cc(COc2ccc(CCCCCc3ccc(Cl)cc3)cc2)n(O)c(=O)c1. The van der Waals surface area contributed by atoms with Crippen molar-refractivity contribution in [3.63, 3.8) is 0 Å². The van der Waals surface area contributed by atoms with E-state index in [1.165, 1.54) is 30.0 Å². The number of benzene rings is 2. The Morgan fingerprint density at radius 3 is 2.10 bits per heavy atom. The van der Waals surface area contributed by atoms with E-state index in [2.05, 4.69) is 24.3 Å². The van der Waals surface area contributed by atoms with E-state index < -0.39 is 5.56 Å². The molecule has 0 atom stereocenters. The van der Waals surface area contributed by atoms with Crippen molar-refractivity contribution in [2.45, 2.75) is 45.6 Å². The number of rotatable bonds is 9. The van der Waals surface area contributed by atoms with Gasteiger partial charge in [-0.3, -0.25) is 4.79 Å². The molecule has 2 aromatic carbocycles. The zero-order chi connectivity index (χ0) is 20.6. The molecule has 0 amide bonds. The van der Waals surface area contributed by atoms with Crippen LogP contribution in [0.1, 0.15) is 41.6 Å². The van der Waals surface area contributed by atoms with Crippen LogP contribution >= 0.6 is 11.6 Å². The van der Waals surface area contributed by atoms with Crippen LogP contribution in [0.3, 0.4) is 0 Å². The first-order chi connectivity index (χ1) is 14.0. The first kappa shape index (κ1) is 21.0. The number of hydrogen-bond donors (Lipinski definition) is 1. The molecule has 0 aliphatic rings. The van der Waals surface area contributed by atoms with Gasteiger partial charge >= 0.3 is 0 Å². The molecule has 0 spiro atoms. The van der Waals surface area contributed by atoms with Gasteiger partial charge in [-0.1, -0.05) is 42.3 Å². The summed E-state index contributed by atoms with van der Waals surface area (Å²) in [5, 5.41) is 10.6. The van der Waals surface area contributed by atoms with Gasteiger partial charge < -0.3 is 9.94 Å². The van der Waals surface area contributed by atoms with Crippen LogP contribution < -0.4 is 10.3 Å². The third-order valence-electron chi connectivity index (χ3n) is 4.88. The molecule has 0 unspecified atom stereocenters. The maximum Gasteiger partial charge on any atom is 0.283 e. The summed E-state index contributed by atoms with van der Waals surface area (Å²) in [6, 6.07) is 19.2. The Hall–Kier alpha value is -2.72. The van der Waals surface area contributed by atoms with Gasteiger partial charge in [-0.2, -0.15) is 0 Å². The van der Waals surface area contributed by atoms with Gasteiger partial charge in [0.25, 0.3) is 5.56 Å². The van der Waals surface area contributed by atoms with Gasteiger partial charge in [0.15, 0.2) is 0 Å². The zero-order valence-electron chi connectivity index (χ0n) is 16.6. The van der Waals surface area contributed by atoms with Crippen molar-refractivity contribution in [3.8, 4) is 5.75 Å². The number of unbranched alkanes of at least 4 members (excludes halogenated alkanes) is 2. The first-order valence-corrected chi connectivity index (χ1v) is 10.3. The van der Waals surface area contributed by atoms with E-state index in [1.807, 2.05) is 31.2 Å². The molecule has 29 heavy (non-hydrogen) atoms. The molecule has 1 aromatic heterocycles. The van der Waals surface area contributed by atoms with Gasteiger partial charge in [0, 0.05) is 11.1 Å². The van der Waals surface area contributed by atoms with Crippen molar-refractivity contribution in [1.29, 1.82) is 0 Å². The van der Waals surface area contributed by atoms with E-state index in [0.717, 1.165) is 29.8 Å². The molecule has 0 saturated heterocycles. The Morgan fingerprint density at radius 2 is 1.48 bits per heavy atom. The van der Waals surface area contributed by atoms with Crippen LogP contribution in [0.15, 0.2) is 65.5 Å². The average molecular weight is 412 g/mol. The summed E-state index contributed by atoms with van der Waals surface area (Å²) in [4.78, 5) is 11.6. The highest BCUT2D eigenvalue weighted by molar-refractivity contribution is 6.30. The smallest absolute Gasteiger partial charge is 0.283 e. The van der Waals surface area contributed by atoms with E-state index in [-0.39, 0.29) is 6.61 Å². The molecule has 1 heterocycles. The molecule has 1 N–H and O–H groups in total. The van der Waals surface area contributed by atoms with Gasteiger partial charge in [-0.25, -0.2) is 0 Å². The van der Waals surface area contributed by atoms with Crippen molar-refractivity contribution in [2.24, 2.45) is 0 Å². The van der Waals surface area contributed by atoms with E-state index in [4.69, 9.17) is 16.3 Å². The van der Waals surface area contributed by atoms with Crippen molar-refractivity contribution in [2.75, 3.05) is 0 Å².